The molecule has 0 aliphatic rings. The highest BCUT2D eigenvalue weighted by Crippen LogP contribution is 2.48. The number of hydrogen-bond acceptors (Lipinski definition) is 4. The van der Waals surface area contributed by atoms with Crippen LogP contribution in [0.25, 0.3) is 0 Å². The molecule has 0 aromatic carbocycles. The summed E-state index contributed by atoms with van der Waals surface area (Å²) in [4.78, 5) is 4.67. The van der Waals surface area contributed by atoms with Gasteiger partial charge in [-0.15, -0.1) is 0 Å². The minimum atomic E-state index is -2.05. The molecule has 0 saturated heterocycles. The molecule has 0 saturated carbocycles. The summed E-state index contributed by atoms with van der Waals surface area (Å²) < 4.78 is 13.4. The zero-order valence-corrected chi connectivity index (χ0v) is 19.7. The van der Waals surface area contributed by atoms with Crippen molar-refractivity contribution >= 4 is 24.2 Å². The summed E-state index contributed by atoms with van der Waals surface area (Å²) in [5.74, 6) is 0.754. The zero-order chi connectivity index (χ0) is 19.6. The standard InChI is InChI=1S/C19H34BrNO3Si/c1-13-14(20)12-21-15(16(13)23-7)17(19(5,6)10-11-22)24-25(8,9)18(2,3)4/h12,17,22H,10-11H2,1-9H3. The van der Waals surface area contributed by atoms with Crippen molar-refractivity contribution in [1.82, 2.24) is 4.98 Å². The molecular formula is C19H34BrNO3Si. The molecule has 0 aliphatic carbocycles. The molecule has 0 fully saturated rings. The Morgan fingerprint density at radius 1 is 1.24 bits per heavy atom. The average molecular weight is 432 g/mol. The maximum absolute atomic E-state index is 9.58. The van der Waals surface area contributed by atoms with Crippen LogP contribution in [0, 0.1) is 12.3 Å². The van der Waals surface area contributed by atoms with E-state index in [1.807, 2.05) is 13.1 Å². The molecule has 1 aromatic rings. The number of rotatable bonds is 7. The lowest BCUT2D eigenvalue weighted by Crippen LogP contribution is -2.45. The van der Waals surface area contributed by atoms with Gasteiger partial charge in [-0.3, -0.25) is 4.98 Å². The van der Waals surface area contributed by atoms with Crippen molar-refractivity contribution in [2.24, 2.45) is 5.41 Å². The molecule has 6 heteroatoms. The van der Waals surface area contributed by atoms with E-state index in [0.717, 1.165) is 21.5 Å². The van der Waals surface area contributed by atoms with Gasteiger partial charge in [0.25, 0.3) is 0 Å². The van der Waals surface area contributed by atoms with Crippen molar-refractivity contribution in [2.75, 3.05) is 13.7 Å². The summed E-state index contributed by atoms with van der Waals surface area (Å²) in [6.45, 7) is 17.5. The summed E-state index contributed by atoms with van der Waals surface area (Å²) in [7, 11) is -0.376. The number of aliphatic hydroxyl groups is 1. The molecule has 1 N–H and O–H groups in total. The highest BCUT2D eigenvalue weighted by atomic mass is 79.9. The topological polar surface area (TPSA) is 51.6 Å². The second-order valence-corrected chi connectivity index (χ2v) is 14.5. The Morgan fingerprint density at radius 2 is 1.80 bits per heavy atom. The Bertz CT molecular complexity index is 597. The van der Waals surface area contributed by atoms with Crippen LogP contribution in [0.3, 0.4) is 0 Å². The fraction of sp³-hybridized carbons (Fsp3) is 0.737. The minimum Gasteiger partial charge on any atom is -0.494 e. The molecule has 1 unspecified atom stereocenters. The Labute approximate surface area is 162 Å². The summed E-state index contributed by atoms with van der Waals surface area (Å²) in [6, 6.07) is 0. The first-order chi connectivity index (χ1) is 11.3. The SMILES string of the molecule is COc1c(C(O[Si](C)(C)C(C)(C)C)C(C)(C)CCO)ncc(Br)c1C. The van der Waals surface area contributed by atoms with E-state index in [4.69, 9.17) is 9.16 Å². The third-order valence-electron chi connectivity index (χ3n) is 5.39. The van der Waals surface area contributed by atoms with Gasteiger partial charge in [0.2, 0.25) is 0 Å². The number of hydrogen-bond donors (Lipinski definition) is 1. The second kappa shape index (κ2) is 8.07. The summed E-state index contributed by atoms with van der Waals surface area (Å²) in [6.07, 6.45) is 2.19. The van der Waals surface area contributed by atoms with Gasteiger partial charge in [-0.2, -0.15) is 0 Å². The van der Waals surface area contributed by atoms with Crippen LogP contribution in [0.5, 0.6) is 5.75 Å². The summed E-state index contributed by atoms with van der Waals surface area (Å²) in [5, 5.41) is 9.66. The Balaban J connectivity index is 3.52. The quantitative estimate of drug-likeness (QED) is 0.567. The Kier molecular flexibility index (Phi) is 7.30. The van der Waals surface area contributed by atoms with Gasteiger partial charge in [-0.05, 0) is 52.8 Å². The fourth-order valence-electron chi connectivity index (χ4n) is 2.50. The van der Waals surface area contributed by atoms with Crippen LogP contribution in [0.2, 0.25) is 18.1 Å². The van der Waals surface area contributed by atoms with Crippen molar-refractivity contribution in [1.29, 1.82) is 0 Å². The van der Waals surface area contributed by atoms with Gasteiger partial charge in [0, 0.05) is 22.8 Å². The predicted octanol–water partition coefficient (Wildman–Crippen LogP) is 5.63. The van der Waals surface area contributed by atoms with Crippen molar-refractivity contribution in [2.45, 2.75) is 72.2 Å². The van der Waals surface area contributed by atoms with Gasteiger partial charge in [-0.1, -0.05) is 34.6 Å². The van der Waals surface area contributed by atoms with E-state index in [1.54, 1.807) is 7.11 Å². The number of aliphatic hydroxyl groups excluding tert-OH is 1. The molecule has 0 amide bonds. The molecule has 0 spiro atoms. The first-order valence-electron chi connectivity index (χ1n) is 8.76. The van der Waals surface area contributed by atoms with Crippen LogP contribution in [0.1, 0.15) is 58.4 Å². The minimum absolute atomic E-state index is 0.0815. The lowest BCUT2D eigenvalue weighted by molar-refractivity contribution is 0.0347. The maximum Gasteiger partial charge on any atom is 0.193 e. The maximum atomic E-state index is 9.58. The molecular weight excluding hydrogens is 398 g/mol. The average Bonchev–Trinajstić information content (AvgIpc) is 2.46. The summed E-state index contributed by atoms with van der Waals surface area (Å²) in [5.41, 5.74) is 1.55. The molecule has 0 bridgehead atoms. The number of methoxy groups -OCH3 is 1. The number of nitrogens with zero attached hydrogens (tertiary/aromatic N) is 1. The first-order valence-corrected chi connectivity index (χ1v) is 12.5. The third-order valence-corrected chi connectivity index (χ3v) is 10.6. The Hall–Kier alpha value is -0.433. The zero-order valence-electron chi connectivity index (χ0n) is 17.2. The predicted molar refractivity (Wildman–Crippen MR) is 110 cm³/mol. The highest BCUT2D eigenvalue weighted by molar-refractivity contribution is 9.10. The van der Waals surface area contributed by atoms with Crippen LogP contribution in [-0.4, -0.2) is 32.1 Å². The van der Waals surface area contributed by atoms with Gasteiger partial charge in [0.15, 0.2) is 8.32 Å². The smallest absolute Gasteiger partial charge is 0.193 e. The molecule has 144 valence electrons. The van der Waals surface area contributed by atoms with Crippen LogP contribution < -0.4 is 4.74 Å². The molecule has 1 rings (SSSR count). The van der Waals surface area contributed by atoms with Crippen LogP contribution in [0.15, 0.2) is 10.7 Å². The number of pyridine rings is 1. The van der Waals surface area contributed by atoms with Crippen LogP contribution >= 0.6 is 15.9 Å². The van der Waals surface area contributed by atoms with E-state index in [-0.39, 0.29) is 23.2 Å². The molecule has 25 heavy (non-hydrogen) atoms. The normalized spacial score (nSPS) is 14.5. The van der Waals surface area contributed by atoms with Crippen molar-refractivity contribution < 1.29 is 14.3 Å². The highest BCUT2D eigenvalue weighted by Gasteiger charge is 2.44. The number of aromatic nitrogens is 1. The molecule has 0 aliphatic heterocycles. The van der Waals surface area contributed by atoms with E-state index in [1.165, 1.54) is 0 Å². The number of halogens is 1. The Morgan fingerprint density at radius 3 is 2.24 bits per heavy atom. The van der Waals surface area contributed by atoms with Gasteiger partial charge >= 0.3 is 0 Å². The van der Waals surface area contributed by atoms with E-state index < -0.39 is 8.32 Å². The second-order valence-electron chi connectivity index (χ2n) is 8.87. The van der Waals surface area contributed by atoms with Gasteiger partial charge in [0.1, 0.15) is 11.4 Å². The van der Waals surface area contributed by atoms with Gasteiger partial charge in [0.05, 0.1) is 13.2 Å². The van der Waals surface area contributed by atoms with Crippen LogP contribution in [0.4, 0.5) is 0 Å². The van der Waals surface area contributed by atoms with Crippen LogP contribution in [-0.2, 0) is 4.43 Å². The van der Waals surface area contributed by atoms with Crippen molar-refractivity contribution in [3.8, 4) is 5.75 Å². The summed E-state index contributed by atoms with van der Waals surface area (Å²) >= 11 is 3.53. The molecule has 1 atom stereocenters. The lowest BCUT2D eigenvalue weighted by atomic mass is 9.81. The van der Waals surface area contributed by atoms with E-state index in [2.05, 4.69) is 68.6 Å². The van der Waals surface area contributed by atoms with Crippen molar-refractivity contribution in [3.63, 3.8) is 0 Å². The molecule has 1 heterocycles. The monoisotopic (exact) mass is 431 g/mol. The first kappa shape index (κ1) is 22.6. The van der Waals surface area contributed by atoms with E-state index >= 15 is 0 Å². The number of ether oxygens (including phenoxy) is 1. The molecule has 1 aromatic heterocycles. The van der Waals surface area contributed by atoms with Gasteiger partial charge in [-0.25, -0.2) is 0 Å². The van der Waals surface area contributed by atoms with E-state index in [9.17, 15) is 5.11 Å². The third kappa shape index (κ3) is 5.06. The van der Waals surface area contributed by atoms with Crippen molar-refractivity contribution in [3.05, 3.63) is 21.9 Å². The van der Waals surface area contributed by atoms with Gasteiger partial charge < -0.3 is 14.3 Å². The largest absolute Gasteiger partial charge is 0.494 e. The lowest BCUT2D eigenvalue weighted by Gasteiger charge is -2.44. The fourth-order valence-corrected chi connectivity index (χ4v) is 4.16. The van der Waals surface area contributed by atoms with E-state index in [0.29, 0.717) is 6.42 Å². The molecule has 4 nitrogen and oxygen atoms in total. The molecule has 0 radical (unpaired) electrons.